The van der Waals surface area contributed by atoms with Crippen LogP contribution < -0.4 is 0 Å². The molecule has 5 heteroatoms. The lowest BCUT2D eigenvalue weighted by molar-refractivity contribution is 0.00397. The normalized spacial score (nSPS) is 20.7. The molecule has 144 valence electrons. The lowest BCUT2D eigenvalue weighted by Crippen LogP contribution is -2.48. The van der Waals surface area contributed by atoms with Crippen molar-refractivity contribution in [1.82, 2.24) is 4.90 Å². The number of nitrogens with zero attached hydrogens (tertiary/aromatic N) is 1. The molecular formula is C21H31NO3S. The van der Waals surface area contributed by atoms with Gasteiger partial charge in [0.2, 0.25) is 0 Å². The maximum Gasteiger partial charge on any atom is 0.410 e. The van der Waals surface area contributed by atoms with Gasteiger partial charge in [-0.25, -0.2) is 4.79 Å². The van der Waals surface area contributed by atoms with Gasteiger partial charge in [0.05, 0.1) is 0 Å². The number of thioether (sulfide) groups is 1. The monoisotopic (exact) mass is 377 g/mol. The van der Waals surface area contributed by atoms with Crippen LogP contribution in [0, 0.1) is 5.92 Å². The van der Waals surface area contributed by atoms with Crippen molar-refractivity contribution in [3.8, 4) is 0 Å². The van der Waals surface area contributed by atoms with E-state index in [4.69, 9.17) is 4.74 Å². The van der Waals surface area contributed by atoms with Crippen LogP contribution in [-0.2, 0) is 4.74 Å². The molecular weight excluding hydrogens is 346 g/mol. The van der Waals surface area contributed by atoms with Crippen LogP contribution in [0.25, 0.3) is 0 Å². The minimum Gasteiger partial charge on any atom is -0.444 e. The smallest absolute Gasteiger partial charge is 0.410 e. The van der Waals surface area contributed by atoms with Gasteiger partial charge in [-0.2, -0.15) is 0 Å². The van der Waals surface area contributed by atoms with E-state index in [1.54, 1.807) is 16.7 Å². The van der Waals surface area contributed by atoms with Crippen molar-refractivity contribution < 1.29 is 14.3 Å². The number of Topliss-reactive ketones (excluding diaryl/α,β-unsaturated/α-hetero) is 1. The Morgan fingerprint density at radius 1 is 1.23 bits per heavy atom. The van der Waals surface area contributed by atoms with Crippen molar-refractivity contribution in [2.45, 2.75) is 69.9 Å². The molecule has 0 saturated carbocycles. The van der Waals surface area contributed by atoms with Gasteiger partial charge in [0.1, 0.15) is 5.60 Å². The van der Waals surface area contributed by atoms with Gasteiger partial charge in [-0.15, -0.1) is 11.8 Å². The van der Waals surface area contributed by atoms with Crippen molar-refractivity contribution in [2.75, 3.05) is 12.8 Å². The van der Waals surface area contributed by atoms with Gasteiger partial charge in [0.15, 0.2) is 5.78 Å². The summed E-state index contributed by atoms with van der Waals surface area (Å²) in [4.78, 5) is 28.3. The predicted octanol–water partition coefficient (Wildman–Crippen LogP) is 5.41. The lowest BCUT2D eigenvalue weighted by atomic mass is 9.86. The molecule has 1 saturated heterocycles. The van der Waals surface area contributed by atoms with Crippen LogP contribution in [0.4, 0.5) is 4.79 Å². The highest BCUT2D eigenvalue weighted by atomic mass is 32.2. The van der Waals surface area contributed by atoms with Gasteiger partial charge < -0.3 is 9.64 Å². The zero-order chi connectivity index (χ0) is 19.3. The van der Waals surface area contributed by atoms with Crippen LogP contribution in [0.15, 0.2) is 29.2 Å². The van der Waals surface area contributed by atoms with Gasteiger partial charge in [0.25, 0.3) is 0 Å². The minimum absolute atomic E-state index is 0.0868. The SMILES string of the molecule is CCC1CCN(C(=O)OC(C)(C)C)C(CC(=O)c2ccc(SC)cc2)C1. The van der Waals surface area contributed by atoms with E-state index >= 15 is 0 Å². The van der Waals surface area contributed by atoms with E-state index in [9.17, 15) is 9.59 Å². The molecule has 26 heavy (non-hydrogen) atoms. The standard InChI is InChI=1S/C21H31NO3S/c1-6-15-11-12-22(20(24)25-21(2,3)4)17(13-15)14-19(23)16-7-9-18(26-5)10-8-16/h7-10,15,17H,6,11-14H2,1-5H3. The summed E-state index contributed by atoms with van der Waals surface area (Å²) in [6.45, 7) is 8.45. The Morgan fingerprint density at radius 3 is 2.42 bits per heavy atom. The average molecular weight is 378 g/mol. The fourth-order valence-electron chi connectivity index (χ4n) is 3.37. The first-order valence-electron chi connectivity index (χ1n) is 9.40. The van der Waals surface area contributed by atoms with Crippen LogP contribution in [0.5, 0.6) is 0 Å². The van der Waals surface area contributed by atoms with Crippen molar-refractivity contribution >= 4 is 23.6 Å². The Kier molecular flexibility index (Phi) is 7.16. The Labute approximate surface area is 161 Å². The maximum absolute atomic E-state index is 12.8. The quantitative estimate of drug-likeness (QED) is 0.509. The van der Waals surface area contributed by atoms with Gasteiger partial charge in [-0.3, -0.25) is 4.79 Å². The number of ketones is 1. The van der Waals surface area contributed by atoms with Crippen LogP contribution >= 0.6 is 11.8 Å². The number of hydrogen-bond donors (Lipinski definition) is 0. The number of ether oxygens (including phenoxy) is 1. The summed E-state index contributed by atoms with van der Waals surface area (Å²) < 4.78 is 5.57. The molecule has 0 radical (unpaired) electrons. The topological polar surface area (TPSA) is 46.6 Å². The van der Waals surface area contributed by atoms with Gasteiger partial charge in [-0.05, 0) is 57.9 Å². The average Bonchev–Trinajstić information content (AvgIpc) is 2.60. The van der Waals surface area contributed by atoms with E-state index in [2.05, 4.69) is 6.92 Å². The van der Waals surface area contributed by atoms with Crippen LogP contribution in [0.2, 0.25) is 0 Å². The van der Waals surface area contributed by atoms with Gasteiger partial charge in [-0.1, -0.05) is 25.5 Å². The Bertz CT molecular complexity index is 621. The summed E-state index contributed by atoms with van der Waals surface area (Å²) in [7, 11) is 0. The van der Waals surface area contributed by atoms with E-state index in [0.29, 0.717) is 24.4 Å². The largest absolute Gasteiger partial charge is 0.444 e. The zero-order valence-corrected chi connectivity index (χ0v) is 17.4. The highest BCUT2D eigenvalue weighted by Crippen LogP contribution is 2.29. The van der Waals surface area contributed by atoms with Crippen LogP contribution in [0.1, 0.15) is 63.7 Å². The molecule has 1 aromatic rings. The summed E-state index contributed by atoms with van der Waals surface area (Å²) >= 11 is 1.66. The number of amides is 1. The molecule has 1 aliphatic heterocycles. The Morgan fingerprint density at radius 2 is 1.88 bits per heavy atom. The predicted molar refractivity (Wildman–Crippen MR) is 107 cm³/mol. The van der Waals surface area contributed by atoms with E-state index in [1.165, 1.54) is 0 Å². The highest BCUT2D eigenvalue weighted by Gasteiger charge is 2.34. The lowest BCUT2D eigenvalue weighted by Gasteiger charge is -2.39. The molecule has 0 aromatic heterocycles. The fourth-order valence-corrected chi connectivity index (χ4v) is 3.78. The molecule has 4 nitrogen and oxygen atoms in total. The van der Waals surface area contributed by atoms with E-state index in [1.807, 2.05) is 51.3 Å². The van der Waals surface area contributed by atoms with Crippen LogP contribution in [-0.4, -0.2) is 41.2 Å². The molecule has 0 aliphatic carbocycles. The third-order valence-electron chi connectivity index (χ3n) is 4.86. The maximum atomic E-state index is 12.8. The summed E-state index contributed by atoms with van der Waals surface area (Å²) in [6, 6.07) is 7.62. The molecule has 2 unspecified atom stereocenters. The second-order valence-corrected chi connectivity index (χ2v) is 8.86. The zero-order valence-electron chi connectivity index (χ0n) is 16.6. The number of piperidine rings is 1. The molecule has 0 N–H and O–H groups in total. The molecule has 2 rings (SSSR count). The van der Waals surface area contributed by atoms with E-state index in [0.717, 1.165) is 24.2 Å². The van der Waals surface area contributed by atoms with Crippen molar-refractivity contribution in [1.29, 1.82) is 0 Å². The summed E-state index contributed by atoms with van der Waals surface area (Å²) in [6.07, 6.45) is 4.99. The molecule has 0 bridgehead atoms. The van der Waals surface area contributed by atoms with E-state index in [-0.39, 0.29) is 17.9 Å². The molecule has 1 aromatic carbocycles. The molecule has 1 heterocycles. The van der Waals surface area contributed by atoms with Crippen molar-refractivity contribution in [3.05, 3.63) is 29.8 Å². The summed E-state index contributed by atoms with van der Waals surface area (Å²) in [5.74, 6) is 0.651. The number of carbonyl (C=O) groups excluding carboxylic acids is 2. The molecule has 2 atom stereocenters. The highest BCUT2D eigenvalue weighted by molar-refractivity contribution is 7.98. The van der Waals surface area contributed by atoms with Crippen molar-refractivity contribution in [2.24, 2.45) is 5.92 Å². The van der Waals surface area contributed by atoms with Gasteiger partial charge in [0, 0.05) is 29.5 Å². The first-order valence-corrected chi connectivity index (χ1v) is 10.6. The third kappa shape index (κ3) is 5.76. The second-order valence-electron chi connectivity index (χ2n) is 7.98. The molecule has 1 aliphatic rings. The summed E-state index contributed by atoms with van der Waals surface area (Å²) in [5.41, 5.74) is 0.187. The molecule has 1 amide bonds. The Hall–Kier alpha value is -1.49. The second kappa shape index (κ2) is 8.94. The molecule has 1 fully saturated rings. The van der Waals surface area contributed by atoms with E-state index < -0.39 is 5.60 Å². The van der Waals surface area contributed by atoms with Gasteiger partial charge >= 0.3 is 6.09 Å². The van der Waals surface area contributed by atoms with Crippen LogP contribution in [0.3, 0.4) is 0 Å². The first kappa shape index (κ1) is 20.8. The molecule has 0 spiro atoms. The summed E-state index contributed by atoms with van der Waals surface area (Å²) in [5, 5.41) is 0. The van der Waals surface area contributed by atoms with Crippen molar-refractivity contribution in [3.63, 3.8) is 0 Å². The number of likely N-dealkylation sites (tertiary alicyclic amines) is 1. The number of carbonyl (C=O) groups is 2. The minimum atomic E-state index is -0.527. The first-order chi connectivity index (χ1) is 12.2. The number of rotatable bonds is 5. The fraction of sp³-hybridized carbons (Fsp3) is 0.619. The number of hydrogen-bond acceptors (Lipinski definition) is 4. The third-order valence-corrected chi connectivity index (χ3v) is 5.61. The number of benzene rings is 1. The Balaban J connectivity index is 2.11.